The first-order chi connectivity index (χ1) is 9.33. The summed E-state index contributed by atoms with van der Waals surface area (Å²) in [6, 6.07) is -0.316. The number of aliphatic hydroxyl groups excluding tert-OH is 1. The Morgan fingerprint density at radius 1 is 1.45 bits per heavy atom. The van der Waals surface area contributed by atoms with Crippen molar-refractivity contribution in [3.8, 4) is 0 Å². The molecule has 1 unspecified atom stereocenters. The molecule has 1 aliphatic rings. The molecule has 0 spiro atoms. The van der Waals surface area contributed by atoms with E-state index in [0.29, 0.717) is 12.8 Å². The number of aliphatic hydroxyl groups is 1. The van der Waals surface area contributed by atoms with Crippen molar-refractivity contribution in [1.82, 2.24) is 15.1 Å². The number of urea groups is 1. The summed E-state index contributed by atoms with van der Waals surface area (Å²) in [7, 11) is 1.57. The number of carbonyl (C=O) groups excluding carboxylic acids is 3. The van der Waals surface area contributed by atoms with Crippen molar-refractivity contribution in [2.24, 2.45) is 0 Å². The van der Waals surface area contributed by atoms with Crippen LogP contribution in [0.1, 0.15) is 33.1 Å². The van der Waals surface area contributed by atoms with Gasteiger partial charge in [-0.3, -0.25) is 14.5 Å². The van der Waals surface area contributed by atoms with E-state index in [2.05, 4.69) is 5.32 Å². The van der Waals surface area contributed by atoms with Crippen molar-refractivity contribution >= 4 is 17.8 Å². The van der Waals surface area contributed by atoms with Crippen molar-refractivity contribution in [2.75, 3.05) is 26.7 Å². The SMILES string of the molecule is CCC(C)(CO)NC(=O)CCCN1C(=O)CN(C)C1=O. The van der Waals surface area contributed by atoms with Gasteiger partial charge in [0.2, 0.25) is 11.8 Å². The van der Waals surface area contributed by atoms with Crippen molar-refractivity contribution in [3.05, 3.63) is 0 Å². The van der Waals surface area contributed by atoms with Crippen molar-refractivity contribution in [1.29, 1.82) is 0 Å². The summed E-state index contributed by atoms with van der Waals surface area (Å²) in [5.74, 6) is -0.414. The highest BCUT2D eigenvalue weighted by atomic mass is 16.3. The molecular formula is C13H23N3O4. The van der Waals surface area contributed by atoms with E-state index in [1.807, 2.05) is 6.92 Å². The van der Waals surface area contributed by atoms with Crippen LogP contribution >= 0.6 is 0 Å². The van der Waals surface area contributed by atoms with Crippen LogP contribution < -0.4 is 5.32 Å². The molecule has 7 nitrogen and oxygen atoms in total. The lowest BCUT2D eigenvalue weighted by Gasteiger charge is -2.27. The van der Waals surface area contributed by atoms with E-state index in [-0.39, 0.29) is 44.0 Å². The summed E-state index contributed by atoms with van der Waals surface area (Å²) < 4.78 is 0. The van der Waals surface area contributed by atoms with Crippen molar-refractivity contribution in [2.45, 2.75) is 38.6 Å². The van der Waals surface area contributed by atoms with Crippen LogP contribution in [0.3, 0.4) is 0 Å². The second-order valence-corrected chi connectivity index (χ2v) is 5.41. The second kappa shape index (κ2) is 6.69. The molecule has 7 heteroatoms. The van der Waals surface area contributed by atoms with E-state index in [1.165, 1.54) is 9.80 Å². The summed E-state index contributed by atoms with van der Waals surface area (Å²) in [6.07, 6.45) is 1.27. The lowest BCUT2D eigenvalue weighted by molar-refractivity contribution is -0.126. The lowest BCUT2D eigenvalue weighted by atomic mass is 10.00. The molecule has 4 amide bonds. The van der Waals surface area contributed by atoms with Crippen LogP contribution in [0.2, 0.25) is 0 Å². The molecule has 0 bridgehead atoms. The van der Waals surface area contributed by atoms with Gasteiger partial charge in [0.25, 0.3) is 0 Å². The molecule has 0 saturated carbocycles. The maximum Gasteiger partial charge on any atom is 0.326 e. The van der Waals surface area contributed by atoms with Crippen LogP contribution in [-0.4, -0.2) is 65.0 Å². The van der Waals surface area contributed by atoms with Crippen LogP contribution in [0.5, 0.6) is 0 Å². The second-order valence-electron chi connectivity index (χ2n) is 5.41. The Kier molecular flexibility index (Phi) is 5.50. The Labute approximate surface area is 118 Å². The Balaban J connectivity index is 2.36. The zero-order chi connectivity index (χ0) is 15.3. The van der Waals surface area contributed by atoms with Gasteiger partial charge in [-0.1, -0.05) is 6.92 Å². The zero-order valence-corrected chi connectivity index (χ0v) is 12.3. The van der Waals surface area contributed by atoms with E-state index in [4.69, 9.17) is 0 Å². The van der Waals surface area contributed by atoms with Crippen LogP contribution in [-0.2, 0) is 9.59 Å². The number of hydrogen-bond acceptors (Lipinski definition) is 4. The molecule has 0 aromatic rings. The van der Waals surface area contributed by atoms with Gasteiger partial charge in [0.15, 0.2) is 0 Å². The summed E-state index contributed by atoms with van der Waals surface area (Å²) in [6.45, 7) is 3.88. The Morgan fingerprint density at radius 3 is 2.55 bits per heavy atom. The first kappa shape index (κ1) is 16.4. The molecule has 0 radical (unpaired) electrons. The summed E-state index contributed by atoms with van der Waals surface area (Å²) in [4.78, 5) is 37.4. The molecule has 1 saturated heterocycles. The molecule has 1 atom stereocenters. The maximum atomic E-state index is 11.8. The predicted molar refractivity (Wildman–Crippen MR) is 72.9 cm³/mol. The Morgan fingerprint density at radius 2 is 2.10 bits per heavy atom. The number of imide groups is 1. The van der Waals surface area contributed by atoms with Gasteiger partial charge in [0.1, 0.15) is 6.54 Å². The number of nitrogens with zero attached hydrogens (tertiary/aromatic N) is 2. The zero-order valence-electron chi connectivity index (χ0n) is 12.3. The predicted octanol–water partition coefficient (Wildman–Crippen LogP) is -0.0622. The number of amides is 4. The van der Waals surface area contributed by atoms with E-state index in [0.717, 1.165) is 0 Å². The molecule has 2 N–H and O–H groups in total. The minimum absolute atomic E-state index is 0.101. The quantitative estimate of drug-likeness (QED) is 0.641. The molecular weight excluding hydrogens is 262 g/mol. The highest BCUT2D eigenvalue weighted by Gasteiger charge is 2.33. The van der Waals surface area contributed by atoms with Gasteiger partial charge in [0, 0.05) is 20.0 Å². The molecule has 20 heavy (non-hydrogen) atoms. The third kappa shape index (κ3) is 3.93. The van der Waals surface area contributed by atoms with E-state index >= 15 is 0 Å². The van der Waals surface area contributed by atoms with Gasteiger partial charge in [-0.05, 0) is 19.8 Å². The molecule has 0 aromatic carbocycles. The van der Waals surface area contributed by atoms with Gasteiger partial charge < -0.3 is 15.3 Å². The van der Waals surface area contributed by atoms with Gasteiger partial charge in [0.05, 0.1) is 12.1 Å². The van der Waals surface area contributed by atoms with Crippen molar-refractivity contribution in [3.63, 3.8) is 0 Å². The molecule has 114 valence electrons. The van der Waals surface area contributed by atoms with Gasteiger partial charge in [-0.25, -0.2) is 4.79 Å². The van der Waals surface area contributed by atoms with Gasteiger partial charge in [-0.15, -0.1) is 0 Å². The number of rotatable bonds is 7. The third-order valence-electron chi connectivity index (χ3n) is 3.59. The van der Waals surface area contributed by atoms with Gasteiger partial charge in [-0.2, -0.15) is 0 Å². The Bertz CT molecular complexity index is 393. The monoisotopic (exact) mass is 285 g/mol. The first-order valence-electron chi connectivity index (χ1n) is 6.80. The highest BCUT2D eigenvalue weighted by molar-refractivity contribution is 6.01. The van der Waals surface area contributed by atoms with Crippen LogP contribution in [0.25, 0.3) is 0 Å². The average Bonchev–Trinajstić information content (AvgIpc) is 2.65. The summed E-state index contributed by atoms with van der Waals surface area (Å²) in [5.41, 5.74) is -0.614. The molecule has 1 aliphatic heterocycles. The van der Waals surface area contributed by atoms with Crippen LogP contribution in [0, 0.1) is 0 Å². The van der Waals surface area contributed by atoms with Gasteiger partial charge >= 0.3 is 6.03 Å². The first-order valence-corrected chi connectivity index (χ1v) is 6.80. The van der Waals surface area contributed by atoms with Crippen LogP contribution in [0.4, 0.5) is 4.79 Å². The molecule has 0 aliphatic carbocycles. The maximum absolute atomic E-state index is 11.8. The van der Waals surface area contributed by atoms with E-state index in [9.17, 15) is 19.5 Å². The third-order valence-corrected chi connectivity index (χ3v) is 3.59. The normalized spacial score (nSPS) is 18.4. The van der Waals surface area contributed by atoms with E-state index < -0.39 is 5.54 Å². The molecule has 1 fully saturated rings. The number of nitrogens with one attached hydrogen (secondary N) is 1. The lowest BCUT2D eigenvalue weighted by Crippen LogP contribution is -2.48. The number of carbonyl (C=O) groups is 3. The van der Waals surface area contributed by atoms with Crippen molar-refractivity contribution < 1.29 is 19.5 Å². The summed E-state index contributed by atoms with van der Waals surface area (Å²) in [5, 5.41) is 12.0. The summed E-state index contributed by atoms with van der Waals surface area (Å²) >= 11 is 0. The topological polar surface area (TPSA) is 89.9 Å². The minimum atomic E-state index is -0.614. The largest absolute Gasteiger partial charge is 0.394 e. The standard InChI is InChI=1S/C13H23N3O4/c1-4-13(2,9-17)14-10(18)6-5-7-16-11(19)8-15(3)12(16)20/h17H,4-9H2,1-3H3,(H,14,18). The average molecular weight is 285 g/mol. The molecule has 1 heterocycles. The van der Waals surface area contributed by atoms with Crippen LogP contribution in [0.15, 0.2) is 0 Å². The Hall–Kier alpha value is -1.63. The smallest absolute Gasteiger partial charge is 0.326 e. The number of likely N-dealkylation sites (N-methyl/N-ethyl adjacent to an activating group) is 1. The minimum Gasteiger partial charge on any atom is -0.394 e. The molecule has 1 rings (SSSR count). The number of hydrogen-bond donors (Lipinski definition) is 2. The fourth-order valence-electron chi connectivity index (χ4n) is 1.93. The molecule has 0 aromatic heterocycles. The fourth-order valence-corrected chi connectivity index (χ4v) is 1.93. The fraction of sp³-hybridized carbons (Fsp3) is 0.769. The van der Waals surface area contributed by atoms with E-state index in [1.54, 1.807) is 14.0 Å². The highest BCUT2D eigenvalue weighted by Crippen LogP contribution is 2.11.